The second-order valence-electron chi connectivity index (χ2n) is 5.86. The molecular formula is C17H21N3O2. The normalized spacial score (nSPS) is 21.6. The van der Waals surface area contributed by atoms with Crippen molar-refractivity contribution in [2.75, 3.05) is 13.2 Å². The van der Waals surface area contributed by atoms with Crippen LogP contribution >= 0.6 is 0 Å². The molecule has 5 heteroatoms. The van der Waals surface area contributed by atoms with E-state index in [2.05, 4.69) is 35.1 Å². The van der Waals surface area contributed by atoms with Crippen molar-refractivity contribution in [1.29, 1.82) is 0 Å². The van der Waals surface area contributed by atoms with Crippen LogP contribution in [-0.4, -0.2) is 45.3 Å². The highest BCUT2D eigenvalue weighted by Gasteiger charge is 2.32. The van der Waals surface area contributed by atoms with Gasteiger partial charge < -0.3 is 9.90 Å². The Hall–Kier alpha value is -1.98. The summed E-state index contributed by atoms with van der Waals surface area (Å²) in [5, 5.41) is 14.0. The van der Waals surface area contributed by atoms with Gasteiger partial charge in [-0.3, -0.25) is 9.58 Å². The maximum atomic E-state index is 10.9. The van der Waals surface area contributed by atoms with Gasteiger partial charge in [-0.1, -0.05) is 18.2 Å². The van der Waals surface area contributed by atoms with Crippen molar-refractivity contribution in [1.82, 2.24) is 14.7 Å². The molecule has 0 bridgehead atoms. The first kappa shape index (κ1) is 14.9. The standard InChI is InChI=1S/C17H21N3O2/c1-12-15-4-3-5-16(13-9-18-19(2)10-13)17(15)8-14(11-22)20(12)6-7-21/h3-5,7,9-10,12,14,22H,6,8,11H2,1-2H3/t12-,14+/m0/s1. The van der Waals surface area contributed by atoms with Crippen molar-refractivity contribution in [2.45, 2.75) is 25.4 Å². The fourth-order valence-corrected chi connectivity index (χ4v) is 3.47. The molecule has 2 atom stereocenters. The minimum absolute atomic E-state index is 0.0227. The lowest BCUT2D eigenvalue weighted by molar-refractivity contribution is -0.110. The van der Waals surface area contributed by atoms with Crippen molar-refractivity contribution in [3.8, 4) is 11.1 Å². The molecule has 1 aromatic heterocycles. The molecule has 2 heterocycles. The molecule has 3 rings (SSSR count). The topological polar surface area (TPSA) is 58.4 Å². The smallest absolute Gasteiger partial charge is 0.134 e. The van der Waals surface area contributed by atoms with Crippen molar-refractivity contribution in [3.05, 3.63) is 41.7 Å². The van der Waals surface area contributed by atoms with Crippen molar-refractivity contribution in [2.24, 2.45) is 7.05 Å². The number of aryl methyl sites for hydroxylation is 1. The van der Waals surface area contributed by atoms with Gasteiger partial charge in [-0.2, -0.15) is 5.10 Å². The van der Waals surface area contributed by atoms with E-state index in [-0.39, 0.29) is 18.7 Å². The van der Waals surface area contributed by atoms with Crippen LogP contribution in [0.1, 0.15) is 24.1 Å². The molecule has 116 valence electrons. The van der Waals surface area contributed by atoms with Gasteiger partial charge in [-0.15, -0.1) is 0 Å². The number of aldehydes is 1. The maximum Gasteiger partial charge on any atom is 0.134 e. The molecule has 1 aliphatic rings. The Morgan fingerprint density at radius 1 is 1.45 bits per heavy atom. The van der Waals surface area contributed by atoms with E-state index in [1.807, 2.05) is 19.4 Å². The van der Waals surface area contributed by atoms with E-state index in [1.54, 1.807) is 4.68 Å². The molecule has 1 N–H and O–H groups in total. The Morgan fingerprint density at radius 2 is 2.27 bits per heavy atom. The number of fused-ring (bicyclic) bond motifs is 1. The largest absolute Gasteiger partial charge is 0.395 e. The number of carbonyl (C=O) groups excluding carboxylic acids is 1. The van der Waals surface area contributed by atoms with Crippen LogP contribution in [0.25, 0.3) is 11.1 Å². The molecule has 0 unspecified atom stereocenters. The predicted molar refractivity (Wildman–Crippen MR) is 84.4 cm³/mol. The summed E-state index contributed by atoms with van der Waals surface area (Å²) in [7, 11) is 1.91. The van der Waals surface area contributed by atoms with Crippen LogP contribution in [0.5, 0.6) is 0 Å². The van der Waals surface area contributed by atoms with E-state index in [1.165, 1.54) is 16.7 Å². The average molecular weight is 299 g/mol. The molecule has 0 amide bonds. The molecule has 0 fully saturated rings. The van der Waals surface area contributed by atoms with Gasteiger partial charge in [0, 0.05) is 30.9 Å². The minimum atomic E-state index is -0.0227. The Balaban J connectivity index is 2.08. The summed E-state index contributed by atoms with van der Waals surface area (Å²) < 4.78 is 1.79. The zero-order valence-electron chi connectivity index (χ0n) is 12.9. The SMILES string of the molecule is C[C@H]1c2cccc(-c3cnn(C)c3)c2C[C@H](CO)N1CC=O. The van der Waals surface area contributed by atoms with Gasteiger partial charge in [0.15, 0.2) is 0 Å². The first-order valence-electron chi connectivity index (χ1n) is 7.56. The zero-order chi connectivity index (χ0) is 15.7. The van der Waals surface area contributed by atoms with Crippen molar-refractivity contribution in [3.63, 3.8) is 0 Å². The second-order valence-corrected chi connectivity index (χ2v) is 5.86. The first-order valence-corrected chi connectivity index (χ1v) is 7.56. The Labute approximate surface area is 130 Å². The Kier molecular flexibility index (Phi) is 4.09. The van der Waals surface area contributed by atoms with E-state index >= 15 is 0 Å². The summed E-state index contributed by atoms with van der Waals surface area (Å²) in [6.45, 7) is 2.50. The summed E-state index contributed by atoms with van der Waals surface area (Å²) in [6.07, 6.45) is 5.53. The molecular weight excluding hydrogens is 278 g/mol. The number of rotatable bonds is 4. The molecule has 5 nitrogen and oxygen atoms in total. The van der Waals surface area contributed by atoms with Gasteiger partial charge in [-0.05, 0) is 30.0 Å². The second kappa shape index (κ2) is 6.02. The fourth-order valence-electron chi connectivity index (χ4n) is 3.47. The number of aromatic nitrogens is 2. The quantitative estimate of drug-likeness (QED) is 0.871. The van der Waals surface area contributed by atoms with Crippen molar-refractivity contribution >= 4 is 6.29 Å². The predicted octanol–water partition coefficient (Wildman–Crippen LogP) is 1.57. The van der Waals surface area contributed by atoms with Crippen molar-refractivity contribution < 1.29 is 9.90 Å². The van der Waals surface area contributed by atoms with Gasteiger partial charge in [0.2, 0.25) is 0 Å². The van der Waals surface area contributed by atoms with Gasteiger partial charge in [0.25, 0.3) is 0 Å². The number of hydrogen-bond donors (Lipinski definition) is 1. The van der Waals surface area contributed by atoms with E-state index in [0.29, 0.717) is 6.54 Å². The lowest BCUT2D eigenvalue weighted by Gasteiger charge is -2.40. The third kappa shape index (κ3) is 2.46. The Bertz CT molecular complexity index is 680. The molecule has 22 heavy (non-hydrogen) atoms. The third-order valence-electron chi connectivity index (χ3n) is 4.58. The molecule has 1 aromatic carbocycles. The number of hydrogen-bond acceptors (Lipinski definition) is 4. The lowest BCUT2D eigenvalue weighted by Crippen LogP contribution is -2.45. The van der Waals surface area contributed by atoms with Crippen LogP contribution in [0.4, 0.5) is 0 Å². The van der Waals surface area contributed by atoms with Gasteiger partial charge in [0.05, 0.1) is 19.3 Å². The van der Waals surface area contributed by atoms with Crippen LogP contribution in [0.2, 0.25) is 0 Å². The average Bonchev–Trinajstić information content (AvgIpc) is 2.95. The maximum absolute atomic E-state index is 10.9. The summed E-state index contributed by atoms with van der Waals surface area (Å²) in [5.74, 6) is 0. The number of aliphatic hydroxyl groups excluding tert-OH is 1. The van der Waals surface area contributed by atoms with E-state index in [0.717, 1.165) is 18.3 Å². The summed E-state index contributed by atoms with van der Waals surface area (Å²) >= 11 is 0. The van der Waals surface area contributed by atoms with Crippen LogP contribution < -0.4 is 0 Å². The van der Waals surface area contributed by atoms with Crippen LogP contribution in [-0.2, 0) is 18.3 Å². The van der Waals surface area contributed by atoms with E-state index in [4.69, 9.17) is 0 Å². The fraction of sp³-hybridized carbons (Fsp3) is 0.412. The molecule has 0 saturated carbocycles. The first-order chi connectivity index (χ1) is 10.7. The molecule has 2 aromatic rings. The molecule has 0 radical (unpaired) electrons. The number of benzene rings is 1. The highest BCUT2D eigenvalue weighted by atomic mass is 16.3. The van der Waals surface area contributed by atoms with Crippen LogP contribution in [0.3, 0.4) is 0 Å². The number of aliphatic hydroxyl groups is 1. The molecule has 0 saturated heterocycles. The van der Waals surface area contributed by atoms with E-state index in [9.17, 15) is 9.90 Å². The summed E-state index contributed by atoms with van der Waals surface area (Å²) in [4.78, 5) is 13.0. The number of carbonyl (C=O) groups is 1. The van der Waals surface area contributed by atoms with E-state index < -0.39 is 0 Å². The number of nitrogens with zero attached hydrogens (tertiary/aromatic N) is 3. The molecule has 1 aliphatic heterocycles. The molecule has 0 aliphatic carbocycles. The third-order valence-corrected chi connectivity index (χ3v) is 4.58. The highest BCUT2D eigenvalue weighted by molar-refractivity contribution is 5.68. The lowest BCUT2D eigenvalue weighted by atomic mass is 9.84. The Morgan fingerprint density at radius 3 is 2.91 bits per heavy atom. The monoisotopic (exact) mass is 299 g/mol. The molecule has 0 spiro atoms. The summed E-state index contributed by atoms with van der Waals surface area (Å²) in [6, 6.07) is 6.36. The zero-order valence-corrected chi connectivity index (χ0v) is 12.9. The van der Waals surface area contributed by atoms with Gasteiger partial charge >= 0.3 is 0 Å². The summed E-state index contributed by atoms with van der Waals surface area (Å²) in [5.41, 5.74) is 4.74. The highest BCUT2D eigenvalue weighted by Crippen LogP contribution is 2.37. The van der Waals surface area contributed by atoms with Crippen LogP contribution in [0, 0.1) is 0 Å². The van der Waals surface area contributed by atoms with Gasteiger partial charge in [-0.25, -0.2) is 0 Å². The minimum Gasteiger partial charge on any atom is -0.395 e. The van der Waals surface area contributed by atoms with Gasteiger partial charge in [0.1, 0.15) is 6.29 Å². The van der Waals surface area contributed by atoms with Crippen LogP contribution in [0.15, 0.2) is 30.6 Å².